The van der Waals surface area contributed by atoms with Crippen LogP contribution in [0, 0.1) is 0 Å². The van der Waals surface area contributed by atoms with Crippen LogP contribution >= 0.6 is 0 Å². The van der Waals surface area contributed by atoms with Crippen molar-refractivity contribution in [2.45, 2.75) is 108 Å². The van der Waals surface area contributed by atoms with Gasteiger partial charge in [0.15, 0.2) is 14.4 Å². The number of hydrogen-bond acceptors (Lipinski definition) is 5. The van der Waals surface area contributed by atoms with Crippen molar-refractivity contribution in [3.8, 4) is 0 Å². The zero-order chi connectivity index (χ0) is 26.5. The number of carbonyl (C=O) groups excluding carboxylic acids is 1. The lowest BCUT2D eigenvalue weighted by Gasteiger charge is -2.46. The maximum atomic E-state index is 13.2. The topological polar surface area (TPSA) is 54.0 Å². The van der Waals surface area contributed by atoms with E-state index in [0.717, 1.165) is 18.1 Å². The van der Waals surface area contributed by atoms with Gasteiger partial charge in [0.05, 0.1) is 12.2 Å². The molecule has 3 fully saturated rings. The van der Waals surface area contributed by atoms with Gasteiger partial charge in [0.25, 0.3) is 8.32 Å². The lowest BCUT2D eigenvalue weighted by atomic mass is 9.82. The van der Waals surface area contributed by atoms with E-state index in [-0.39, 0.29) is 29.3 Å². The maximum Gasteiger partial charge on any atom is 0.337 e. The summed E-state index contributed by atoms with van der Waals surface area (Å²) >= 11 is 0. The molecule has 5 unspecified atom stereocenters. The molecule has 5 nitrogen and oxygen atoms in total. The molecular weight excluding hydrogens is 496 g/mol. The Labute approximate surface area is 224 Å². The summed E-state index contributed by atoms with van der Waals surface area (Å²) in [4.78, 5) is 13.2. The Balaban J connectivity index is 1.53. The summed E-state index contributed by atoms with van der Waals surface area (Å²) in [7, 11) is -4.79. The summed E-state index contributed by atoms with van der Waals surface area (Å²) in [6, 6.07) is 24.4. The van der Waals surface area contributed by atoms with Gasteiger partial charge in [-0.25, -0.2) is 4.79 Å². The number of hydrogen-bond donors (Lipinski definition) is 0. The molecular formula is C30H42O5Si2. The smallest absolute Gasteiger partial charge is 0.337 e. The van der Waals surface area contributed by atoms with Crippen LogP contribution in [-0.4, -0.2) is 52.6 Å². The van der Waals surface area contributed by atoms with Gasteiger partial charge < -0.3 is 18.3 Å². The molecule has 0 radical (unpaired) electrons. The van der Waals surface area contributed by atoms with Crippen LogP contribution in [0.2, 0.25) is 23.2 Å². The molecule has 1 spiro atoms. The first-order valence-corrected chi connectivity index (χ1v) is 18.4. The molecule has 0 aliphatic carbocycles. The van der Waals surface area contributed by atoms with E-state index in [1.807, 2.05) is 0 Å². The highest BCUT2D eigenvalue weighted by Crippen LogP contribution is 2.55. The van der Waals surface area contributed by atoms with Gasteiger partial charge >= 0.3 is 5.97 Å². The van der Waals surface area contributed by atoms with Gasteiger partial charge in [-0.3, -0.25) is 0 Å². The van der Waals surface area contributed by atoms with Crippen molar-refractivity contribution < 1.29 is 23.1 Å². The molecule has 2 aromatic rings. The van der Waals surface area contributed by atoms with Gasteiger partial charge in [0.1, 0.15) is 11.7 Å². The number of esters is 1. The molecule has 3 heterocycles. The zero-order valence-electron chi connectivity index (χ0n) is 23.2. The minimum atomic E-state index is -2.74. The van der Waals surface area contributed by atoms with Crippen LogP contribution in [-0.2, 0) is 23.1 Å². The average Bonchev–Trinajstić information content (AvgIpc) is 3.52. The maximum absolute atomic E-state index is 13.2. The predicted molar refractivity (Wildman–Crippen MR) is 151 cm³/mol. The summed E-state index contributed by atoms with van der Waals surface area (Å²) in [6.07, 6.45) is 0.182. The molecule has 3 aliphatic heterocycles. The van der Waals surface area contributed by atoms with Crippen LogP contribution in [0.4, 0.5) is 0 Å². The first-order chi connectivity index (χ1) is 17.6. The molecule has 3 saturated heterocycles. The fraction of sp³-hybridized carbons (Fsp3) is 0.567. The highest BCUT2D eigenvalue weighted by Gasteiger charge is 2.72. The van der Waals surface area contributed by atoms with E-state index in [2.05, 4.69) is 102 Å². The molecule has 5 atom stereocenters. The normalized spacial score (nSPS) is 29.4. The van der Waals surface area contributed by atoms with Crippen molar-refractivity contribution in [1.82, 2.24) is 0 Å². The van der Waals surface area contributed by atoms with Gasteiger partial charge in [-0.1, -0.05) is 102 Å². The predicted octanol–water partition coefficient (Wildman–Crippen LogP) is 5.18. The van der Waals surface area contributed by atoms with Crippen molar-refractivity contribution in [2.24, 2.45) is 0 Å². The zero-order valence-corrected chi connectivity index (χ0v) is 25.2. The molecule has 7 heteroatoms. The van der Waals surface area contributed by atoms with E-state index < -0.39 is 28.3 Å². The third-order valence-corrected chi connectivity index (χ3v) is 18.9. The van der Waals surface area contributed by atoms with Crippen LogP contribution in [0.15, 0.2) is 60.7 Å². The first kappa shape index (κ1) is 26.8. The van der Waals surface area contributed by atoms with Crippen LogP contribution < -0.4 is 10.4 Å². The van der Waals surface area contributed by atoms with Gasteiger partial charge in [0, 0.05) is 12.8 Å². The van der Waals surface area contributed by atoms with Crippen molar-refractivity contribution in [2.75, 3.05) is 0 Å². The molecule has 5 rings (SSSR count). The SMILES string of the molecule is CC[Si](CC)(CC)OC1C(=O)OC2CC3OC21CC3O[Si](c1ccccc1)(c1ccccc1)C(C)(C)C. The number of ether oxygens (including phenoxy) is 2. The summed E-state index contributed by atoms with van der Waals surface area (Å²) < 4.78 is 26.9. The van der Waals surface area contributed by atoms with Crippen molar-refractivity contribution in [3.63, 3.8) is 0 Å². The molecule has 0 saturated carbocycles. The molecule has 2 bridgehead atoms. The molecule has 0 N–H and O–H groups in total. The van der Waals surface area contributed by atoms with Crippen LogP contribution in [0.25, 0.3) is 0 Å². The van der Waals surface area contributed by atoms with E-state index in [9.17, 15) is 4.79 Å². The van der Waals surface area contributed by atoms with E-state index in [4.69, 9.17) is 18.3 Å². The standard InChI is InChI=1S/C30H42O5Si2/c1-7-36(8-2,9-3)35-27-28(31)32-26-20-24-25(21-30(26,27)33-24)34-37(29(4,5)6,22-16-12-10-13-17-22)23-18-14-11-15-19-23/h10-19,24-27H,7-9,20-21H2,1-6H3. The Morgan fingerprint density at radius 3 is 1.92 bits per heavy atom. The Bertz CT molecular complexity index is 1050. The molecule has 0 amide bonds. The quantitative estimate of drug-likeness (QED) is 0.325. The summed E-state index contributed by atoms with van der Waals surface area (Å²) in [5.41, 5.74) is -0.740. The molecule has 0 aromatic heterocycles. The van der Waals surface area contributed by atoms with E-state index in [0.29, 0.717) is 12.8 Å². The van der Waals surface area contributed by atoms with Crippen molar-refractivity contribution >= 4 is 33.0 Å². The van der Waals surface area contributed by atoms with Gasteiger partial charge in [-0.2, -0.15) is 0 Å². The minimum Gasteiger partial charge on any atom is -0.457 e. The summed E-state index contributed by atoms with van der Waals surface area (Å²) in [6.45, 7) is 13.5. The van der Waals surface area contributed by atoms with Gasteiger partial charge in [0.2, 0.25) is 0 Å². The summed E-state index contributed by atoms with van der Waals surface area (Å²) in [5.74, 6) is -0.248. The van der Waals surface area contributed by atoms with Gasteiger partial charge in [-0.05, 0) is 33.5 Å². The molecule has 37 heavy (non-hydrogen) atoms. The summed E-state index contributed by atoms with van der Waals surface area (Å²) in [5, 5.41) is 2.39. The first-order valence-electron chi connectivity index (χ1n) is 14.0. The Kier molecular flexibility index (Phi) is 7.07. The van der Waals surface area contributed by atoms with Crippen LogP contribution in [0.5, 0.6) is 0 Å². The molecule has 200 valence electrons. The Morgan fingerprint density at radius 1 is 0.892 bits per heavy atom. The largest absolute Gasteiger partial charge is 0.457 e. The highest BCUT2D eigenvalue weighted by atomic mass is 28.4. The second-order valence-electron chi connectivity index (χ2n) is 12.0. The Morgan fingerprint density at radius 2 is 1.43 bits per heavy atom. The van der Waals surface area contributed by atoms with E-state index >= 15 is 0 Å². The second kappa shape index (κ2) is 9.76. The van der Waals surface area contributed by atoms with E-state index in [1.165, 1.54) is 10.4 Å². The fourth-order valence-corrected chi connectivity index (χ4v) is 14.5. The monoisotopic (exact) mass is 538 g/mol. The van der Waals surface area contributed by atoms with E-state index in [1.54, 1.807) is 0 Å². The second-order valence-corrected chi connectivity index (χ2v) is 21.0. The number of benzene rings is 2. The third-order valence-electron chi connectivity index (χ3n) is 9.26. The highest BCUT2D eigenvalue weighted by molar-refractivity contribution is 6.99. The fourth-order valence-electron chi connectivity index (χ4n) is 6.99. The molecule has 2 aromatic carbocycles. The van der Waals surface area contributed by atoms with Gasteiger partial charge in [-0.15, -0.1) is 0 Å². The molecule has 3 aliphatic rings. The van der Waals surface area contributed by atoms with Crippen LogP contribution in [0.1, 0.15) is 54.4 Å². The third kappa shape index (κ3) is 4.18. The van der Waals surface area contributed by atoms with Crippen LogP contribution in [0.3, 0.4) is 0 Å². The lowest BCUT2D eigenvalue weighted by molar-refractivity contribution is -0.148. The number of carbonyl (C=O) groups is 1. The van der Waals surface area contributed by atoms with Crippen molar-refractivity contribution in [3.05, 3.63) is 60.7 Å². The number of fused-ring (bicyclic) bond motifs is 1. The Hall–Kier alpha value is -1.78. The lowest BCUT2D eigenvalue weighted by Crippen LogP contribution is -2.68. The van der Waals surface area contributed by atoms with Crippen molar-refractivity contribution in [1.29, 1.82) is 0 Å². The minimum absolute atomic E-state index is 0.105. The average molecular weight is 539 g/mol. The number of rotatable bonds is 9.